The molecule has 1 aromatic rings. The quantitative estimate of drug-likeness (QED) is 0.789. The van der Waals surface area contributed by atoms with Gasteiger partial charge in [0, 0.05) is 13.2 Å². The van der Waals surface area contributed by atoms with Crippen LogP contribution in [-0.4, -0.2) is 24.2 Å². The van der Waals surface area contributed by atoms with E-state index in [2.05, 4.69) is 21.2 Å². The highest BCUT2D eigenvalue weighted by molar-refractivity contribution is 9.10. The Labute approximate surface area is 103 Å². The molecule has 0 saturated heterocycles. The number of carbonyl (C=O) groups is 1. The smallest absolute Gasteiger partial charge is 0.255 e. The molecule has 1 aromatic heterocycles. The third-order valence-corrected chi connectivity index (χ3v) is 2.95. The van der Waals surface area contributed by atoms with Crippen LogP contribution in [0.3, 0.4) is 0 Å². The predicted octanol–water partition coefficient (Wildman–Crippen LogP) is 2.18. The van der Waals surface area contributed by atoms with Crippen LogP contribution in [0.4, 0.5) is 0 Å². The third kappa shape index (κ3) is 3.98. The second-order valence-electron chi connectivity index (χ2n) is 3.79. The average Bonchev–Trinajstić information content (AvgIpc) is 2.70. The van der Waals surface area contributed by atoms with E-state index < -0.39 is 0 Å². The molecule has 5 heteroatoms. The fraction of sp³-hybridized carbons (Fsp3) is 0.545. The molecule has 16 heavy (non-hydrogen) atoms. The first kappa shape index (κ1) is 13.3. The lowest BCUT2D eigenvalue weighted by molar-refractivity contribution is 0.0950. The summed E-state index contributed by atoms with van der Waals surface area (Å²) in [5, 5.41) is 11.6. The molecule has 0 saturated carbocycles. The molecule has 0 aliphatic carbocycles. The first-order valence-electron chi connectivity index (χ1n) is 5.27. The first-order valence-corrected chi connectivity index (χ1v) is 6.06. The molecule has 0 bridgehead atoms. The van der Waals surface area contributed by atoms with Crippen LogP contribution < -0.4 is 5.32 Å². The molecule has 90 valence electrons. The largest absolute Gasteiger partial charge is 0.457 e. The van der Waals surface area contributed by atoms with Crippen LogP contribution in [0.2, 0.25) is 0 Å². The molecule has 0 aliphatic heterocycles. The molecule has 0 spiro atoms. The monoisotopic (exact) mass is 289 g/mol. The van der Waals surface area contributed by atoms with Gasteiger partial charge in [-0.25, -0.2) is 0 Å². The van der Waals surface area contributed by atoms with Crippen molar-refractivity contribution < 1.29 is 14.3 Å². The van der Waals surface area contributed by atoms with Gasteiger partial charge in [0.15, 0.2) is 4.67 Å². The molecular weight excluding hydrogens is 274 g/mol. The van der Waals surface area contributed by atoms with Crippen LogP contribution in [0.25, 0.3) is 0 Å². The number of hydrogen-bond acceptors (Lipinski definition) is 3. The van der Waals surface area contributed by atoms with E-state index in [1.165, 1.54) is 6.26 Å². The maximum Gasteiger partial charge on any atom is 0.255 e. The van der Waals surface area contributed by atoms with Crippen molar-refractivity contribution in [2.45, 2.75) is 19.8 Å². The van der Waals surface area contributed by atoms with Crippen LogP contribution in [0.15, 0.2) is 21.4 Å². The summed E-state index contributed by atoms with van der Waals surface area (Å²) in [6, 6.07) is 1.62. The lowest BCUT2D eigenvalue weighted by atomic mass is 10.1. The lowest BCUT2D eigenvalue weighted by Crippen LogP contribution is -2.24. The first-order chi connectivity index (χ1) is 7.65. The molecule has 0 radical (unpaired) electrons. The topological polar surface area (TPSA) is 62.5 Å². The zero-order chi connectivity index (χ0) is 12.0. The van der Waals surface area contributed by atoms with Gasteiger partial charge in [-0.1, -0.05) is 6.92 Å². The van der Waals surface area contributed by atoms with Gasteiger partial charge in [-0.15, -0.1) is 0 Å². The third-order valence-electron chi connectivity index (χ3n) is 2.33. The second kappa shape index (κ2) is 6.70. The van der Waals surface area contributed by atoms with Crippen molar-refractivity contribution in [2.75, 3.05) is 13.2 Å². The van der Waals surface area contributed by atoms with Crippen molar-refractivity contribution in [3.63, 3.8) is 0 Å². The van der Waals surface area contributed by atoms with Gasteiger partial charge < -0.3 is 14.8 Å². The number of aliphatic hydroxyl groups is 1. The van der Waals surface area contributed by atoms with Gasteiger partial charge in [-0.2, -0.15) is 0 Å². The van der Waals surface area contributed by atoms with Crippen LogP contribution in [0, 0.1) is 5.92 Å². The molecule has 4 nitrogen and oxygen atoms in total. The van der Waals surface area contributed by atoms with E-state index in [1.807, 2.05) is 6.92 Å². The molecule has 0 fully saturated rings. The minimum Gasteiger partial charge on any atom is -0.457 e. The van der Waals surface area contributed by atoms with Gasteiger partial charge in [0.05, 0.1) is 11.8 Å². The van der Waals surface area contributed by atoms with Gasteiger partial charge in [0.1, 0.15) is 0 Å². The zero-order valence-corrected chi connectivity index (χ0v) is 10.8. The Kier molecular flexibility index (Phi) is 5.55. The minimum atomic E-state index is -0.141. The van der Waals surface area contributed by atoms with Crippen molar-refractivity contribution in [1.82, 2.24) is 5.32 Å². The highest BCUT2D eigenvalue weighted by Gasteiger charge is 2.11. The Balaban J connectivity index is 2.24. The van der Waals surface area contributed by atoms with Gasteiger partial charge >= 0.3 is 0 Å². The summed E-state index contributed by atoms with van der Waals surface area (Å²) in [6.07, 6.45) is 3.24. The van der Waals surface area contributed by atoms with Crippen molar-refractivity contribution in [2.24, 2.45) is 5.92 Å². The van der Waals surface area contributed by atoms with E-state index in [9.17, 15) is 4.79 Å². The maximum absolute atomic E-state index is 11.6. The van der Waals surface area contributed by atoms with Gasteiger partial charge in [0.2, 0.25) is 0 Å². The lowest BCUT2D eigenvalue weighted by Gasteiger charge is -2.07. The number of amides is 1. The molecule has 1 atom stereocenters. The Hall–Kier alpha value is -0.810. The van der Waals surface area contributed by atoms with Crippen LogP contribution in [-0.2, 0) is 0 Å². The fourth-order valence-corrected chi connectivity index (χ4v) is 1.71. The SMILES string of the molecule is CC(CO)CCCNC(=O)c1ccoc1Br. The summed E-state index contributed by atoms with van der Waals surface area (Å²) in [7, 11) is 0. The summed E-state index contributed by atoms with van der Waals surface area (Å²) in [6.45, 7) is 2.79. The number of nitrogens with one attached hydrogen (secondary N) is 1. The van der Waals surface area contributed by atoms with E-state index in [0.717, 1.165) is 12.8 Å². The number of carbonyl (C=O) groups excluding carboxylic acids is 1. The highest BCUT2D eigenvalue weighted by atomic mass is 79.9. The average molecular weight is 290 g/mol. The van der Waals surface area contributed by atoms with Crippen molar-refractivity contribution >= 4 is 21.8 Å². The van der Waals surface area contributed by atoms with Gasteiger partial charge in [-0.3, -0.25) is 4.79 Å². The van der Waals surface area contributed by atoms with Crippen molar-refractivity contribution in [3.05, 3.63) is 22.6 Å². The van der Waals surface area contributed by atoms with E-state index in [-0.39, 0.29) is 18.4 Å². The Morgan fingerprint density at radius 1 is 1.69 bits per heavy atom. The van der Waals surface area contributed by atoms with E-state index in [1.54, 1.807) is 6.07 Å². The second-order valence-corrected chi connectivity index (χ2v) is 4.51. The zero-order valence-electron chi connectivity index (χ0n) is 9.20. The van der Waals surface area contributed by atoms with Crippen LogP contribution in [0.1, 0.15) is 30.1 Å². The summed E-state index contributed by atoms with van der Waals surface area (Å²) in [4.78, 5) is 11.6. The van der Waals surface area contributed by atoms with Crippen molar-refractivity contribution in [3.8, 4) is 0 Å². The Bertz CT molecular complexity index is 338. The number of hydrogen-bond donors (Lipinski definition) is 2. The Morgan fingerprint density at radius 2 is 2.44 bits per heavy atom. The minimum absolute atomic E-state index is 0.141. The molecule has 2 N–H and O–H groups in total. The molecule has 1 heterocycles. The number of aliphatic hydroxyl groups excluding tert-OH is 1. The van der Waals surface area contributed by atoms with Crippen molar-refractivity contribution in [1.29, 1.82) is 0 Å². The van der Waals surface area contributed by atoms with Gasteiger partial charge in [-0.05, 0) is 40.8 Å². The molecule has 0 aliphatic rings. The highest BCUT2D eigenvalue weighted by Crippen LogP contribution is 2.17. The van der Waals surface area contributed by atoms with E-state index in [4.69, 9.17) is 9.52 Å². The van der Waals surface area contributed by atoms with Crippen LogP contribution in [0.5, 0.6) is 0 Å². The normalized spacial score (nSPS) is 12.4. The van der Waals surface area contributed by atoms with E-state index in [0.29, 0.717) is 16.8 Å². The van der Waals surface area contributed by atoms with Gasteiger partial charge in [0.25, 0.3) is 5.91 Å². The standard InChI is InChI=1S/C11H16BrNO3/c1-8(7-14)3-2-5-13-11(15)9-4-6-16-10(9)12/h4,6,8,14H,2-3,5,7H2,1H3,(H,13,15). The Morgan fingerprint density at radius 3 is 3.00 bits per heavy atom. The number of rotatable bonds is 6. The van der Waals surface area contributed by atoms with E-state index >= 15 is 0 Å². The molecule has 1 rings (SSSR count). The molecule has 1 unspecified atom stereocenters. The molecule has 0 aromatic carbocycles. The number of halogens is 1. The van der Waals surface area contributed by atoms with Crippen LogP contribution >= 0.6 is 15.9 Å². The summed E-state index contributed by atoms with van der Waals surface area (Å²) < 4.78 is 5.42. The summed E-state index contributed by atoms with van der Waals surface area (Å²) >= 11 is 3.15. The summed E-state index contributed by atoms with van der Waals surface area (Å²) in [5.74, 6) is 0.148. The fourth-order valence-electron chi connectivity index (χ4n) is 1.29. The molecular formula is C11H16BrNO3. The predicted molar refractivity (Wildman–Crippen MR) is 64.2 cm³/mol. The number of furan rings is 1. The summed E-state index contributed by atoms with van der Waals surface area (Å²) in [5.41, 5.74) is 0.509. The molecule has 1 amide bonds. The maximum atomic E-state index is 11.6.